The molecule has 154 valence electrons. The average Bonchev–Trinajstić information content (AvgIpc) is 3.36. The number of carbonyl (C=O) groups excluding carboxylic acids is 2. The number of fused-ring (bicyclic) bond motifs is 4. The Hall–Kier alpha value is -2.72. The highest BCUT2D eigenvalue weighted by Crippen LogP contribution is 2.60. The van der Waals surface area contributed by atoms with Crippen molar-refractivity contribution in [2.24, 2.45) is 5.92 Å². The number of amides is 1. The maximum Gasteiger partial charge on any atom is 0.250 e. The van der Waals surface area contributed by atoms with Gasteiger partial charge in [0, 0.05) is 23.2 Å². The summed E-state index contributed by atoms with van der Waals surface area (Å²) in [5.74, 6) is -0.440. The van der Waals surface area contributed by atoms with Gasteiger partial charge in [-0.25, -0.2) is 0 Å². The van der Waals surface area contributed by atoms with Crippen LogP contribution in [0.25, 0.3) is 0 Å². The summed E-state index contributed by atoms with van der Waals surface area (Å²) in [6.07, 6.45) is 3.80. The van der Waals surface area contributed by atoms with Crippen LogP contribution in [0.3, 0.4) is 0 Å². The van der Waals surface area contributed by atoms with E-state index in [-0.39, 0.29) is 23.7 Å². The molecule has 0 unspecified atom stereocenters. The van der Waals surface area contributed by atoms with E-state index in [2.05, 4.69) is 41.4 Å². The molecule has 1 spiro atoms. The fourth-order valence-electron chi connectivity index (χ4n) is 6.08. The summed E-state index contributed by atoms with van der Waals surface area (Å²) in [6.45, 7) is 6.82. The Morgan fingerprint density at radius 3 is 2.60 bits per heavy atom. The number of hydrogen-bond acceptors (Lipinski definition) is 3. The second-order valence-electron chi connectivity index (χ2n) is 9.21. The third kappa shape index (κ3) is 2.56. The highest BCUT2D eigenvalue weighted by atomic mass is 16.2. The molecule has 4 heteroatoms. The number of nitrogens with zero attached hydrogens (tertiary/aromatic N) is 1. The summed E-state index contributed by atoms with van der Waals surface area (Å²) in [5, 5.41) is 3.11. The van der Waals surface area contributed by atoms with Crippen molar-refractivity contribution in [2.75, 3.05) is 11.9 Å². The molecule has 0 radical (unpaired) electrons. The molecule has 4 atom stereocenters. The van der Waals surface area contributed by atoms with Gasteiger partial charge in [-0.05, 0) is 57.9 Å². The Bertz CT molecular complexity index is 1050. The molecule has 5 rings (SSSR count). The van der Waals surface area contributed by atoms with Gasteiger partial charge in [-0.3, -0.25) is 14.5 Å². The van der Waals surface area contributed by atoms with Crippen molar-refractivity contribution in [3.8, 4) is 0 Å². The van der Waals surface area contributed by atoms with Gasteiger partial charge >= 0.3 is 0 Å². The molecule has 1 N–H and O–H groups in total. The number of aryl methyl sites for hydroxylation is 1. The van der Waals surface area contributed by atoms with E-state index in [1.165, 1.54) is 5.56 Å². The second kappa shape index (κ2) is 6.92. The van der Waals surface area contributed by atoms with E-state index in [4.69, 9.17) is 0 Å². The van der Waals surface area contributed by atoms with Crippen LogP contribution in [0, 0.1) is 12.8 Å². The Balaban J connectivity index is 1.77. The largest absolute Gasteiger partial charge is 0.324 e. The monoisotopic (exact) mass is 400 g/mol. The molecule has 0 bridgehead atoms. The van der Waals surface area contributed by atoms with E-state index in [1.807, 2.05) is 38.1 Å². The van der Waals surface area contributed by atoms with Gasteiger partial charge in [0.15, 0.2) is 5.78 Å². The number of allylic oxidation sites excluding steroid dienone is 2. The summed E-state index contributed by atoms with van der Waals surface area (Å²) >= 11 is 0. The number of nitrogens with one attached hydrogen (secondary N) is 1. The quantitative estimate of drug-likeness (QED) is 0.769. The van der Waals surface area contributed by atoms with Crippen molar-refractivity contribution in [3.05, 3.63) is 76.9 Å². The molecule has 0 saturated carbocycles. The molecule has 4 nitrogen and oxygen atoms in total. The fourth-order valence-corrected chi connectivity index (χ4v) is 6.08. The Kier molecular flexibility index (Phi) is 4.44. The molecular weight excluding hydrogens is 372 g/mol. The molecule has 2 saturated heterocycles. The summed E-state index contributed by atoms with van der Waals surface area (Å²) in [6, 6.07) is 16.6. The second-order valence-corrected chi connectivity index (χ2v) is 9.21. The number of benzene rings is 2. The first-order valence-corrected chi connectivity index (χ1v) is 10.9. The van der Waals surface area contributed by atoms with Crippen LogP contribution in [-0.2, 0) is 15.1 Å². The van der Waals surface area contributed by atoms with Crippen molar-refractivity contribution in [1.82, 2.24) is 4.90 Å². The predicted octanol–water partition coefficient (Wildman–Crippen LogP) is 4.56. The van der Waals surface area contributed by atoms with Gasteiger partial charge in [0.05, 0.1) is 5.92 Å². The molecule has 1 amide bonds. The third-order valence-corrected chi connectivity index (χ3v) is 7.11. The summed E-state index contributed by atoms with van der Waals surface area (Å²) in [5.41, 5.74) is 4.19. The van der Waals surface area contributed by atoms with Crippen LogP contribution in [-0.4, -0.2) is 29.2 Å². The Morgan fingerprint density at radius 1 is 1.13 bits per heavy atom. The summed E-state index contributed by atoms with van der Waals surface area (Å²) in [4.78, 5) is 29.8. The first-order valence-electron chi connectivity index (χ1n) is 10.9. The van der Waals surface area contributed by atoms with E-state index in [1.54, 1.807) is 6.08 Å². The van der Waals surface area contributed by atoms with Gasteiger partial charge < -0.3 is 5.32 Å². The van der Waals surface area contributed by atoms with Crippen LogP contribution in [0.1, 0.15) is 49.3 Å². The van der Waals surface area contributed by atoms with E-state index in [0.29, 0.717) is 0 Å². The van der Waals surface area contributed by atoms with E-state index >= 15 is 0 Å². The van der Waals surface area contributed by atoms with Gasteiger partial charge in [-0.2, -0.15) is 0 Å². The van der Waals surface area contributed by atoms with Crippen molar-refractivity contribution in [1.29, 1.82) is 0 Å². The van der Waals surface area contributed by atoms with Crippen LogP contribution >= 0.6 is 0 Å². The van der Waals surface area contributed by atoms with E-state index in [0.717, 1.165) is 41.8 Å². The lowest BCUT2D eigenvalue weighted by molar-refractivity contribution is -0.134. The van der Waals surface area contributed by atoms with Gasteiger partial charge in [0.2, 0.25) is 5.91 Å². The molecular formula is C26H28N2O2. The van der Waals surface area contributed by atoms with Crippen LogP contribution < -0.4 is 5.32 Å². The SMILES string of the molecule is CC(C)=CC(=O)[C@@H]1[C@@H](c2ccc(C)cc2)[C@@H]2CCCN2[C@@]12C(=O)Nc1ccccc12. The number of para-hydroxylation sites is 1. The summed E-state index contributed by atoms with van der Waals surface area (Å²) in [7, 11) is 0. The lowest BCUT2D eigenvalue weighted by Crippen LogP contribution is -2.52. The zero-order chi connectivity index (χ0) is 21.0. The topological polar surface area (TPSA) is 49.4 Å². The van der Waals surface area contributed by atoms with Crippen LogP contribution in [0.15, 0.2) is 60.2 Å². The van der Waals surface area contributed by atoms with Crippen molar-refractivity contribution in [2.45, 2.75) is 51.1 Å². The number of rotatable bonds is 3. The Morgan fingerprint density at radius 2 is 1.87 bits per heavy atom. The predicted molar refractivity (Wildman–Crippen MR) is 118 cm³/mol. The molecule has 0 aliphatic carbocycles. The van der Waals surface area contributed by atoms with Crippen molar-refractivity contribution < 1.29 is 9.59 Å². The average molecular weight is 401 g/mol. The smallest absolute Gasteiger partial charge is 0.250 e. The minimum atomic E-state index is -0.934. The minimum absolute atomic E-state index is 0.00638. The summed E-state index contributed by atoms with van der Waals surface area (Å²) < 4.78 is 0. The molecule has 2 aromatic rings. The minimum Gasteiger partial charge on any atom is -0.324 e. The van der Waals surface area contributed by atoms with Gasteiger partial charge in [0.25, 0.3) is 0 Å². The molecule has 3 aliphatic rings. The maximum atomic E-state index is 13.8. The van der Waals surface area contributed by atoms with E-state index in [9.17, 15) is 9.59 Å². The Labute approximate surface area is 178 Å². The molecule has 0 aromatic heterocycles. The van der Waals surface area contributed by atoms with Crippen LogP contribution in [0.2, 0.25) is 0 Å². The van der Waals surface area contributed by atoms with Crippen LogP contribution in [0.4, 0.5) is 5.69 Å². The lowest BCUT2D eigenvalue weighted by atomic mass is 9.69. The van der Waals surface area contributed by atoms with E-state index < -0.39 is 11.5 Å². The normalized spacial score (nSPS) is 29.6. The molecule has 3 aliphatic heterocycles. The zero-order valence-electron chi connectivity index (χ0n) is 17.8. The first-order chi connectivity index (χ1) is 14.4. The van der Waals surface area contributed by atoms with Crippen molar-refractivity contribution in [3.63, 3.8) is 0 Å². The van der Waals surface area contributed by atoms with Crippen molar-refractivity contribution >= 4 is 17.4 Å². The lowest BCUT2D eigenvalue weighted by Gasteiger charge is -2.36. The molecule has 30 heavy (non-hydrogen) atoms. The highest BCUT2D eigenvalue weighted by molar-refractivity contribution is 6.11. The number of carbonyl (C=O) groups is 2. The van der Waals surface area contributed by atoms with Gasteiger partial charge in [-0.15, -0.1) is 0 Å². The number of ketones is 1. The van der Waals surface area contributed by atoms with Crippen LogP contribution in [0.5, 0.6) is 0 Å². The highest BCUT2D eigenvalue weighted by Gasteiger charge is 2.68. The molecule has 2 aromatic carbocycles. The molecule has 2 fully saturated rings. The maximum absolute atomic E-state index is 13.8. The molecule has 3 heterocycles. The van der Waals surface area contributed by atoms with Gasteiger partial charge in [0.1, 0.15) is 5.54 Å². The zero-order valence-corrected chi connectivity index (χ0v) is 17.8. The first kappa shape index (κ1) is 19.3. The fraction of sp³-hybridized carbons (Fsp3) is 0.385. The van der Waals surface area contributed by atoms with Gasteiger partial charge in [-0.1, -0.05) is 53.6 Å². The number of anilines is 1. The third-order valence-electron chi connectivity index (χ3n) is 7.11. The standard InChI is InChI=1S/C26H28N2O2/c1-16(2)15-22(29)24-23(18-12-10-17(3)11-13-18)21-9-6-14-28(21)26(24)19-7-4-5-8-20(19)27-25(26)30/h4-5,7-8,10-13,15,21,23-24H,6,9,14H2,1-3H3,(H,27,30)/t21-,23-,24+,26+/m0/s1. The number of hydrogen-bond donors (Lipinski definition) is 1.